The molecular weight excluding hydrogens is 108 g/mol. The van der Waals surface area contributed by atoms with E-state index in [-0.39, 0.29) is 0 Å². The largest absolute Gasteiger partial charge is 0.380 e. The second-order valence-electron chi connectivity index (χ2n) is 2.20. The average molecular weight is 120 g/mol. The van der Waals surface area contributed by atoms with E-state index in [1.165, 1.54) is 0 Å². The van der Waals surface area contributed by atoms with Crippen LogP contribution in [0.2, 0.25) is 0 Å². The number of nitrogens with one attached hydrogen (secondary N) is 1. The van der Waals surface area contributed by atoms with Gasteiger partial charge in [0.05, 0.1) is 0 Å². The smallest absolute Gasteiger partial charge is 0.132 e. The van der Waals surface area contributed by atoms with Crippen LogP contribution < -0.4 is 5.73 Å². The minimum Gasteiger partial charge on any atom is -0.380 e. The molecule has 0 saturated carbocycles. The Kier molecular flexibility index (Phi) is 1.69. The average Bonchev–Trinajstić information content (AvgIpc) is 1.31. The number of nitrogens with two attached hydrogens (primary N) is 1. The van der Waals surface area contributed by atoms with Crippen LogP contribution in [0.15, 0.2) is 0 Å². The van der Waals surface area contributed by atoms with Crippen molar-refractivity contribution >= 4 is 15.2 Å². The molecular formula is C4H12N2S. The maximum Gasteiger partial charge on any atom is 0.132 e. The van der Waals surface area contributed by atoms with Crippen molar-refractivity contribution in [2.24, 2.45) is 5.73 Å². The number of rotatable bonds is 0. The molecule has 0 radical (unpaired) electrons. The van der Waals surface area contributed by atoms with Crippen LogP contribution >= 0.6 is 10.0 Å². The van der Waals surface area contributed by atoms with Crippen LogP contribution in [0.25, 0.3) is 0 Å². The first-order valence-corrected chi connectivity index (χ1v) is 4.83. The molecule has 0 fully saturated rings. The zero-order valence-electron chi connectivity index (χ0n) is 4.99. The molecule has 0 rings (SSSR count). The van der Waals surface area contributed by atoms with Gasteiger partial charge in [-0.25, -0.2) is 0 Å². The highest BCUT2D eigenvalue weighted by Gasteiger charge is 2.04. The van der Waals surface area contributed by atoms with Gasteiger partial charge in [0.15, 0.2) is 0 Å². The van der Waals surface area contributed by atoms with Crippen molar-refractivity contribution in [3.63, 3.8) is 0 Å². The van der Waals surface area contributed by atoms with Gasteiger partial charge in [-0.05, 0) is 18.8 Å². The monoisotopic (exact) mass is 120 g/mol. The summed E-state index contributed by atoms with van der Waals surface area (Å²) >= 11 is 0. The van der Waals surface area contributed by atoms with E-state index < -0.39 is 10.0 Å². The lowest BCUT2D eigenvalue weighted by Crippen LogP contribution is -2.16. The lowest BCUT2D eigenvalue weighted by Gasteiger charge is -2.21. The fourth-order valence-corrected chi connectivity index (χ4v) is 0. The van der Waals surface area contributed by atoms with Crippen LogP contribution in [0, 0.1) is 5.41 Å². The molecule has 44 valence electrons. The molecule has 0 amide bonds. The number of hydrogen-bond acceptors (Lipinski definition) is 1. The van der Waals surface area contributed by atoms with Crippen LogP contribution in [-0.4, -0.2) is 23.9 Å². The molecule has 0 aliphatic rings. The molecule has 0 aromatic heterocycles. The summed E-state index contributed by atoms with van der Waals surface area (Å²) < 4.78 is 0. The topological polar surface area (TPSA) is 49.9 Å². The minimum absolute atomic E-state index is 0.326. The first kappa shape index (κ1) is 6.82. The van der Waals surface area contributed by atoms with Crippen LogP contribution in [-0.2, 0) is 0 Å². The molecule has 0 atom stereocenters. The van der Waals surface area contributed by atoms with E-state index in [1.807, 2.05) is 18.8 Å². The molecule has 0 bridgehead atoms. The van der Waals surface area contributed by atoms with Crippen molar-refractivity contribution < 1.29 is 0 Å². The molecule has 0 aromatic carbocycles. The molecule has 0 unspecified atom stereocenters. The van der Waals surface area contributed by atoms with Gasteiger partial charge in [0, 0.05) is 0 Å². The van der Waals surface area contributed by atoms with Crippen LogP contribution in [0.5, 0.6) is 0 Å². The minimum atomic E-state index is -0.880. The molecule has 3 N–H and O–H groups in total. The fraction of sp³-hybridized carbons (Fsp3) is 0.750. The van der Waals surface area contributed by atoms with Crippen LogP contribution in [0.1, 0.15) is 0 Å². The van der Waals surface area contributed by atoms with Gasteiger partial charge in [-0.15, -0.1) is 0 Å². The summed E-state index contributed by atoms with van der Waals surface area (Å²) in [6, 6.07) is 0. The van der Waals surface area contributed by atoms with E-state index in [2.05, 4.69) is 0 Å². The van der Waals surface area contributed by atoms with E-state index in [9.17, 15) is 0 Å². The Morgan fingerprint density at radius 2 is 1.57 bits per heavy atom. The Labute approximate surface area is 45.9 Å². The van der Waals surface area contributed by atoms with Crippen LogP contribution in [0.3, 0.4) is 0 Å². The molecule has 0 saturated heterocycles. The highest BCUT2D eigenvalue weighted by atomic mass is 32.3. The molecule has 0 aliphatic heterocycles. The Bertz CT molecular complexity index is 82.2. The maximum absolute atomic E-state index is 6.96. The third-order valence-electron chi connectivity index (χ3n) is 0.660. The van der Waals surface area contributed by atoms with E-state index in [1.54, 1.807) is 0 Å². The lowest BCUT2D eigenvalue weighted by atomic mass is 11.4. The molecule has 0 aliphatic carbocycles. The zero-order valence-corrected chi connectivity index (χ0v) is 5.80. The van der Waals surface area contributed by atoms with Gasteiger partial charge in [0.25, 0.3) is 0 Å². The molecule has 7 heavy (non-hydrogen) atoms. The van der Waals surface area contributed by atoms with Gasteiger partial charge in [0.2, 0.25) is 0 Å². The van der Waals surface area contributed by atoms with Crippen LogP contribution in [0.4, 0.5) is 0 Å². The quantitative estimate of drug-likeness (QED) is 0.356. The SMILES string of the molecule is CS(C)(C)C(=N)N. The van der Waals surface area contributed by atoms with Crippen molar-refractivity contribution in [3.8, 4) is 0 Å². The highest BCUT2D eigenvalue weighted by molar-refractivity contribution is 8.43. The summed E-state index contributed by atoms with van der Waals surface area (Å²) in [5, 5.41) is 7.29. The second-order valence-corrected chi connectivity index (χ2v) is 6.32. The van der Waals surface area contributed by atoms with Gasteiger partial charge in [-0.2, -0.15) is 10.0 Å². The van der Waals surface area contributed by atoms with Gasteiger partial charge in [-0.1, -0.05) is 0 Å². The number of hydrogen-bond donors (Lipinski definition) is 2. The van der Waals surface area contributed by atoms with Crippen molar-refractivity contribution in [2.75, 3.05) is 18.8 Å². The van der Waals surface area contributed by atoms with Gasteiger partial charge in [-0.3, -0.25) is 5.41 Å². The standard InChI is InChI=1S/C4H12N2S/c1-7(2,3)4(5)6/h1-3H3,(H3,5,6). The Hall–Kier alpha value is -0.180. The third kappa shape index (κ3) is 2.51. The summed E-state index contributed by atoms with van der Waals surface area (Å²) in [6.45, 7) is 0. The predicted octanol–water partition coefficient (Wildman–Crippen LogP) is 0.574. The summed E-state index contributed by atoms with van der Waals surface area (Å²) in [7, 11) is -0.880. The molecule has 0 heterocycles. The molecule has 3 heteroatoms. The van der Waals surface area contributed by atoms with Crippen molar-refractivity contribution in [1.82, 2.24) is 0 Å². The summed E-state index contributed by atoms with van der Waals surface area (Å²) in [5.74, 6) is 0. The third-order valence-corrected chi connectivity index (χ3v) is 1.98. The normalized spacial score (nSPS) is 13.6. The summed E-state index contributed by atoms with van der Waals surface area (Å²) in [6.07, 6.45) is 5.99. The summed E-state index contributed by atoms with van der Waals surface area (Å²) in [4.78, 5) is 0. The van der Waals surface area contributed by atoms with Gasteiger partial charge in [0.1, 0.15) is 5.17 Å². The molecule has 0 spiro atoms. The maximum atomic E-state index is 6.96. The predicted molar refractivity (Wildman–Crippen MR) is 37.3 cm³/mol. The van der Waals surface area contributed by atoms with Crippen molar-refractivity contribution in [1.29, 1.82) is 5.41 Å². The Balaban J connectivity index is 3.79. The fourth-order valence-electron chi connectivity index (χ4n) is 0. The van der Waals surface area contributed by atoms with Crippen molar-refractivity contribution in [2.45, 2.75) is 0 Å². The zero-order chi connectivity index (χ0) is 6.08. The van der Waals surface area contributed by atoms with Crippen molar-refractivity contribution in [3.05, 3.63) is 0 Å². The summed E-state index contributed by atoms with van der Waals surface area (Å²) in [5.41, 5.74) is 5.19. The van der Waals surface area contributed by atoms with E-state index >= 15 is 0 Å². The Morgan fingerprint density at radius 1 is 1.43 bits per heavy atom. The van der Waals surface area contributed by atoms with E-state index in [0.717, 1.165) is 0 Å². The first-order chi connectivity index (χ1) is 2.94. The van der Waals surface area contributed by atoms with Gasteiger partial charge < -0.3 is 5.73 Å². The molecule has 2 nitrogen and oxygen atoms in total. The number of amidine groups is 1. The van der Waals surface area contributed by atoms with E-state index in [4.69, 9.17) is 11.1 Å². The van der Waals surface area contributed by atoms with E-state index in [0.29, 0.717) is 5.17 Å². The highest BCUT2D eigenvalue weighted by Crippen LogP contribution is 2.32. The first-order valence-electron chi connectivity index (χ1n) is 1.97. The lowest BCUT2D eigenvalue weighted by molar-refractivity contribution is 1.50. The Morgan fingerprint density at radius 3 is 1.57 bits per heavy atom. The molecule has 0 aromatic rings. The second kappa shape index (κ2) is 1.74. The van der Waals surface area contributed by atoms with Gasteiger partial charge >= 0.3 is 0 Å².